The van der Waals surface area contributed by atoms with Gasteiger partial charge >= 0.3 is 126 Å². The molecule has 0 heterocycles. The van der Waals surface area contributed by atoms with E-state index in [4.69, 9.17) is 0 Å². The van der Waals surface area contributed by atoms with E-state index in [-0.39, 0.29) is 0 Å². The maximum absolute atomic E-state index is 2.28. The Morgan fingerprint density at radius 1 is 0.579 bits per heavy atom. The van der Waals surface area contributed by atoms with Crippen molar-refractivity contribution in [3.63, 3.8) is 0 Å². The molecule has 0 unspecified atom stereocenters. The van der Waals surface area contributed by atoms with Gasteiger partial charge in [0, 0.05) is 0 Å². The summed E-state index contributed by atoms with van der Waals surface area (Å²) in [6.45, 7) is 0. The molecule has 96 valence electrons. The van der Waals surface area contributed by atoms with Crippen LogP contribution >= 0.6 is 0 Å². The summed E-state index contributed by atoms with van der Waals surface area (Å²) in [5.74, 6) is 0. The Kier molecular flexibility index (Phi) is 4.75. The molecule has 2 nitrogen and oxygen atoms in total. The second-order valence-electron chi connectivity index (χ2n) is 5.01. The summed E-state index contributed by atoms with van der Waals surface area (Å²) in [5.41, 5.74) is 2.54. The molecule has 2 aromatic carbocycles. The van der Waals surface area contributed by atoms with Crippen molar-refractivity contribution in [1.82, 2.24) is 0 Å². The van der Waals surface area contributed by atoms with Gasteiger partial charge in [0.15, 0.2) is 0 Å². The fourth-order valence-corrected chi connectivity index (χ4v) is 4.71. The van der Waals surface area contributed by atoms with Crippen LogP contribution in [0.25, 0.3) is 0 Å². The molecule has 0 saturated heterocycles. The summed E-state index contributed by atoms with van der Waals surface area (Å²) in [6.07, 6.45) is 0. The molecule has 0 aromatic heterocycles. The maximum atomic E-state index is 2.28. The van der Waals surface area contributed by atoms with Crippen LogP contribution in [0.15, 0.2) is 48.5 Å². The van der Waals surface area contributed by atoms with Crippen LogP contribution in [0.4, 0.5) is 11.4 Å². The minimum absolute atomic E-state index is 0.652. The van der Waals surface area contributed by atoms with Crippen LogP contribution < -0.4 is 17.0 Å². The second-order valence-corrected chi connectivity index (χ2v) is 9.02. The van der Waals surface area contributed by atoms with Gasteiger partial charge < -0.3 is 0 Å². The third-order valence-electron chi connectivity index (χ3n) is 3.06. The number of anilines is 2. The molecule has 2 aromatic rings. The van der Waals surface area contributed by atoms with E-state index >= 15 is 0 Å². The fourth-order valence-electron chi connectivity index (χ4n) is 1.85. The van der Waals surface area contributed by atoms with Gasteiger partial charge in [0.25, 0.3) is 0 Å². The molecule has 0 aliphatic rings. The van der Waals surface area contributed by atoms with E-state index in [1.807, 2.05) is 0 Å². The van der Waals surface area contributed by atoms with Crippen molar-refractivity contribution < 1.29 is 0 Å². The van der Waals surface area contributed by atoms with Crippen LogP contribution in [-0.2, 0) is 0 Å². The Balaban J connectivity index is 2.08. The summed E-state index contributed by atoms with van der Waals surface area (Å²) in [7, 11) is 8.31. The molecule has 0 bridgehead atoms. The standard InChI is InChI=1S/2C8H10N.Sn/c2*1-9(2)8-6-4-3-5-7-8;/h2*4-7H,1-2H3;/q;;+2. The molecule has 0 radical (unpaired) electrons. The first-order valence-corrected chi connectivity index (χ1v) is 9.23. The van der Waals surface area contributed by atoms with Gasteiger partial charge in [-0.3, -0.25) is 0 Å². The monoisotopic (exact) mass is 360 g/mol. The molecule has 0 fully saturated rings. The zero-order valence-corrected chi connectivity index (χ0v) is 14.9. The SMILES string of the molecule is CN(C)c1cc[c]([Sn+2][c]2ccc(N(C)C)cc2)cc1. The third kappa shape index (κ3) is 3.90. The van der Waals surface area contributed by atoms with Gasteiger partial charge in [0.2, 0.25) is 0 Å². The molecule has 0 amide bonds. The molecule has 0 aliphatic heterocycles. The molecule has 0 saturated carbocycles. The van der Waals surface area contributed by atoms with Crippen LogP contribution in [0, 0.1) is 0 Å². The Morgan fingerprint density at radius 3 is 1.16 bits per heavy atom. The average molecular weight is 359 g/mol. The minimum atomic E-state index is -0.652. The van der Waals surface area contributed by atoms with Gasteiger partial charge in [0.05, 0.1) is 0 Å². The van der Waals surface area contributed by atoms with Crippen LogP contribution in [0.2, 0.25) is 0 Å². The Labute approximate surface area is 126 Å². The molecular formula is C16H20N2Sn+2. The van der Waals surface area contributed by atoms with Crippen LogP contribution in [0.5, 0.6) is 0 Å². The molecule has 0 spiro atoms. The van der Waals surface area contributed by atoms with Crippen LogP contribution in [-0.4, -0.2) is 49.3 Å². The quantitative estimate of drug-likeness (QED) is 0.764. The van der Waals surface area contributed by atoms with Gasteiger partial charge in [0.1, 0.15) is 0 Å². The molecule has 0 N–H and O–H groups in total. The summed E-state index contributed by atoms with van der Waals surface area (Å²) in [6, 6.07) is 18.0. The zero-order chi connectivity index (χ0) is 13.8. The summed E-state index contributed by atoms with van der Waals surface area (Å²) in [4.78, 5) is 4.28. The van der Waals surface area contributed by atoms with Crippen LogP contribution in [0.1, 0.15) is 0 Å². The number of benzene rings is 2. The predicted molar refractivity (Wildman–Crippen MR) is 86.6 cm³/mol. The third-order valence-corrected chi connectivity index (χ3v) is 6.61. The number of hydrogen-bond acceptors (Lipinski definition) is 2. The summed E-state index contributed by atoms with van der Waals surface area (Å²) in [5, 5.41) is 0. The van der Waals surface area contributed by atoms with Crippen molar-refractivity contribution in [3.8, 4) is 0 Å². The van der Waals surface area contributed by atoms with E-state index in [0.29, 0.717) is 0 Å². The van der Waals surface area contributed by atoms with Crippen LogP contribution in [0.3, 0.4) is 0 Å². The van der Waals surface area contributed by atoms with E-state index in [0.717, 1.165) is 0 Å². The van der Waals surface area contributed by atoms with E-state index < -0.39 is 21.1 Å². The van der Waals surface area contributed by atoms with Gasteiger partial charge in [-0.15, -0.1) is 0 Å². The van der Waals surface area contributed by atoms with Gasteiger partial charge in [-0.05, 0) is 0 Å². The molecule has 0 aliphatic carbocycles. The van der Waals surface area contributed by atoms with E-state index in [9.17, 15) is 0 Å². The normalized spacial score (nSPS) is 9.89. The average Bonchev–Trinajstić information content (AvgIpc) is 2.40. The van der Waals surface area contributed by atoms with Crippen molar-refractivity contribution in [1.29, 1.82) is 0 Å². The first-order chi connectivity index (χ1) is 9.06. The van der Waals surface area contributed by atoms with E-state index in [1.54, 1.807) is 0 Å². The van der Waals surface area contributed by atoms with Crippen molar-refractivity contribution in [2.75, 3.05) is 38.0 Å². The fraction of sp³-hybridized carbons (Fsp3) is 0.250. The molecule has 19 heavy (non-hydrogen) atoms. The second kappa shape index (κ2) is 6.33. The van der Waals surface area contributed by atoms with E-state index in [2.05, 4.69) is 86.5 Å². The van der Waals surface area contributed by atoms with Crippen molar-refractivity contribution in [2.24, 2.45) is 0 Å². The van der Waals surface area contributed by atoms with Gasteiger partial charge in [-0.2, -0.15) is 0 Å². The van der Waals surface area contributed by atoms with Crippen molar-refractivity contribution in [3.05, 3.63) is 48.5 Å². The van der Waals surface area contributed by atoms with Gasteiger partial charge in [-0.1, -0.05) is 0 Å². The Hall–Kier alpha value is -1.16. The predicted octanol–water partition coefficient (Wildman–Crippen LogP) is 1.47. The number of rotatable bonds is 4. The first kappa shape index (κ1) is 14.3. The zero-order valence-electron chi connectivity index (χ0n) is 12.0. The Morgan fingerprint density at radius 2 is 0.895 bits per heavy atom. The molecular weight excluding hydrogens is 339 g/mol. The van der Waals surface area contributed by atoms with Gasteiger partial charge in [-0.25, -0.2) is 0 Å². The number of nitrogens with zero attached hydrogens (tertiary/aromatic N) is 2. The molecule has 2 rings (SSSR count). The number of hydrogen-bond donors (Lipinski definition) is 0. The van der Waals surface area contributed by atoms with E-state index in [1.165, 1.54) is 18.5 Å². The molecule has 3 heteroatoms. The summed E-state index contributed by atoms with van der Waals surface area (Å²) < 4.78 is 3.04. The molecule has 0 atom stereocenters. The van der Waals surface area contributed by atoms with Crippen molar-refractivity contribution in [2.45, 2.75) is 0 Å². The first-order valence-electron chi connectivity index (χ1n) is 6.38. The van der Waals surface area contributed by atoms with Crippen molar-refractivity contribution >= 4 is 39.7 Å². The Bertz CT molecular complexity index is 466. The summed E-state index contributed by atoms with van der Waals surface area (Å²) >= 11 is -0.652. The topological polar surface area (TPSA) is 6.48 Å².